The van der Waals surface area contributed by atoms with Crippen LogP contribution < -0.4 is 10.6 Å². The lowest BCUT2D eigenvalue weighted by Crippen LogP contribution is -2.54. The zero-order valence-corrected chi connectivity index (χ0v) is 22.7. The van der Waals surface area contributed by atoms with Crippen molar-refractivity contribution in [3.05, 3.63) is 34.9 Å². The molecule has 0 spiro atoms. The van der Waals surface area contributed by atoms with Gasteiger partial charge in [-0.05, 0) is 63.6 Å². The molecular weight excluding hydrogens is 442 g/mol. The van der Waals surface area contributed by atoms with Crippen LogP contribution in [-0.4, -0.2) is 41.0 Å². The standard InChI is InChI=1S/C28H43N3O4/c1-10-13-14-18-29-25(32)24(22-20(5)16-15-17-21(22)6)31(12-3)26(33)23(19(4)11-2)30-27(34)35-28(7,8)9/h3,15-17,19,23-24H,10-11,13-14,18H2,1-2,4-9H3,(H,29,32)(H,30,34). The third kappa shape index (κ3) is 8.93. The third-order valence-electron chi connectivity index (χ3n) is 5.93. The summed E-state index contributed by atoms with van der Waals surface area (Å²) in [6.45, 7) is 15.4. The van der Waals surface area contributed by atoms with Crippen LogP contribution in [0.4, 0.5) is 4.79 Å². The Morgan fingerprint density at radius 1 is 1.11 bits per heavy atom. The van der Waals surface area contributed by atoms with Crippen LogP contribution in [0.5, 0.6) is 0 Å². The number of hydrogen-bond donors (Lipinski definition) is 2. The van der Waals surface area contributed by atoms with Gasteiger partial charge in [0.25, 0.3) is 5.91 Å². The van der Waals surface area contributed by atoms with Gasteiger partial charge in [-0.2, -0.15) is 0 Å². The average molecular weight is 486 g/mol. The molecular formula is C28H43N3O4. The van der Waals surface area contributed by atoms with E-state index in [-0.39, 0.29) is 11.8 Å². The number of rotatable bonds is 11. The molecule has 35 heavy (non-hydrogen) atoms. The minimum atomic E-state index is -1.03. The zero-order chi connectivity index (χ0) is 26.8. The van der Waals surface area contributed by atoms with E-state index >= 15 is 0 Å². The van der Waals surface area contributed by atoms with E-state index in [0.717, 1.165) is 35.3 Å². The molecule has 0 aliphatic heterocycles. The Morgan fingerprint density at radius 2 is 1.71 bits per heavy atom. The van der Waals surface area contributed by atoms with Crippen molar-refractivity contribution < 1.29 is 19.1 Å². The number of hydrogen-bond acceptors (Lipinski definition) is 4. The van der Waals surface area contributed by atoms with Crippen molar-refractivity contribution in [1.82, 2.24) is 15.5 Å². The number of ether oxygens (including phenoxy) is 1. The number of carbonyl (C=O) groups is 3. The number of benzene rings is 1. The van der Waals surface area contributed by atoms with Crippen molar-refractivity contribution in [3.63, 3.8) is 0 Å². The summed E-state index contributed by atoms with van der Waals surface area (Å²) >= 11 is 0. The number of amides is 3. The van der Waals surface area contributed by atoms with Crippen molar-refractivity contribution in [2.45, 2.75) is 98.8 Å². The molecule has 0 heterocycles. The molecule has 0 bridgehead atoms. The SMILES string of the molecule is C#CN(C(=O)C(NC(=O)OC(C)(C)C)C(C)CC)C(C(=O)NCCCCC)c1c(C)cccc1C. The van der Waals surface area contributed by atoms with E-state index in [1.807, 2.05) is 45.9 Å². The van der Waals surface area contributed by atoms with Gasteiger partial charge in [-0.1, -0.05) is 64.7 Å². The summed E-state index contributed by atoms with van der Waals surface area (Å²) in [4.78, 5) is 41.0. The molecule has 0 fully saturated rings. The van der Waals surface area contributed by atoms with Crippen LogP contribution in [0.2, 0.25) is 0 Å². The fourth-order valence-electron chi connectivity index (χ4n) is 3.85. The first-order valence-electron chi connectivity index (χ1n) is 12.5. The van der Waals surface area contributed by atoms with E-state index < -0.39 is 29.7 Å². The molecule has 3 amide bonds. The number of nitrogens with one attached hydrogen (secondary N) is 2. The molecule has 1 rings (SSSR count). The first-order chi connectivity index (χ1) is 16.4. The maximum absolute atomic E-state index is 13.8. The summed E-state index contributed by atoms with van der Waals surface area (Å²) in [6.07, 6.45) is 8.62. The summed E-state index contributed by atoms with van der Waals surface area (Å²) in [5.74, 6) is -1.11. The molecule has 0 saturated carbocycles. The fraction of sp³-hybridized carbons (Fsp3) is 0.607. The topological polar surface area (TPSA) is 87.7 Å². The molecule has 0 radical (unpaired) electrons. The summed E-state index contributed by atoms with van der Waals surface area (Å²) in [6, 6.07) is 6.16. The molecule has 3 atom stereocenters. The van der Waals surface area contributed by atoms with Crippen LogP contribution >= 0.6 is 0 Å². The number of carbonyl (C=O) groups excluding carboxylic acids is 3. The van der Waals surface area contributed by atoms with Crippen LogP contribution in [0.25, 0.3) is 0 Å². The Bertz CT molecular complexity index is 894. The highest BCUT2D eigenvalue weighted by molar-refractivity contribution is 5.93. The molecule has 1 aromatic rings. The number of nitrogens with zero attached hydrogens (tertiary/aromatic N) is 1. The van der Waals surface area contributed by atoms with Crippen molar-refractivity contribution in [2.75, 3.05) is 6.54 Å². The van der Waals surface area contributed by atoms with Gasteiger partial charge in [0, 0.05) is 12.6 Å². The second kappa shape index (κ2) is 13.8. The molecule has 1 aromatic carbocycles. The van der Waals surface area contributed by atoms with Crippen LogP contribution in [0, 0.1) is 32.2 Å². The van der Waals surface area contributed by atoms with Gasteiger partial charge in [-0.3, -0.25) is 14.5 Å². The van der Waals surface area contributed by atoms with E-state index in [9.17, 15) is 14.4 Å². The smallest absolute Gasteiger partial charge is 0.408 e. The number of alkyl carbamates (subject to hydrolysis) is 1. The first-order valence-corrected chi connectivity index (χ1v) is 12.5. The fourth-order valence-corrected chi connectivity index (χ4v) is 3.85. The molecule has 7 heteroatoms. The highest BCUT2D eigenvalue weighted by atomic mass is 16.6. The van der Waals surface area contributed by atoms with Crippen LogP contribution in [0.1, 0.15) is 90.0 Å². The first kappa shape index (κ1) is 30.0. The maximum atomic E-state index is 13.8. The van der Waals surface area contributed by atoms with Crippen LogP contribution in [0.3, 0.4) is 0 Å². The van der Waals surface area contributed by atoms with E-state index in [1.54, 1.807) is 20.8 Å². The van der Waals surface area contributed by atoms with Gasteiger partial charge in [-0.15, -0.1) is 0 Å². The maximum Gasteiger partial charge on any atom is 0.408 e. The lowest BCUT2D eigenvalue weighted by atomic mass is 9.92. The van der Waals surface area contributed by atoms with E-state index in [4.69, 9.17) is 11.2 Å². The van der Waals surface area contributed by atoms with Gasteiger partial charge in [0.2, 0.25) is 5.91 Å². The number of aryl methyl sites for hydroxylation is 2. The number of unbranched alkanes of at least 4 members (excludes halogenated alkanes) is 2. The largest absolute Gasteiger partial charge is 0.444 e. The second-order valence-electron chi connectivity index (χ2n) is 10.1. The van der Waals surface area contributed by atoms with E-state index in [0.29, 0.717) is 18.5 Å². The van der Waals surface area contributed by atoms with Crippen LogP contribution in [-0.2, 0) is 14.3 Å². The lowest BCUT2D eigenvalue weighted by Gasteiger charge is -2.33. The van der Waals surface area contributed by atoms with E-state index in [1.165, 1.54) is 0 Å². The normalized spacial score (nSPS) is 13.7. The zero-order valence-electron chi connectivity index (χ0n) is 22.7. The monoisotopic (exact) mass is 485 g/mol. The third-order valence-corrected chi connectivity index (χ3v) is 5.93. The van der Waals surface area contributed by atoms with Crippen molar-refractivity contribution >= 4 is 17.9 Å². The molecule has 194 valence electrons. The van der Waals surface area contributed by atoms with Crippen molar-refractivity contribution in [2.24, 2.45) is 5.92 Å². The van der Waals surface area contributed by atoms with Crippen molar-refractivity contribution in [3.8, 4) is 12.5 Å². The lowest BCUT2D eigenvalue weighted by molar-refractivity contribution is -0.139. The molecule has 0 aromatic heterocycles. The summed E-state index contributed by atoms with van der Waals surface area (Å²) in [5, 5.41) is 5.65. The quantitative estimate of drug-likeness (QED) is 0.262. The summed E-state index contributed by atoms with van der Waals surface area (Å²) in [5.41, 5.74) is 1.67. The minimum Gasteiger partial charge on any atom is -0.444 e. The Labute approximate surface area is 211 Å². The highest BCUT2D eigenvalue weighted by Crippen LogP contribution is 2.29. The Balaban J connectivity index is 3.43. The average Bonchev–Trinajstić information content (AvgIpc) is 2.77. The Morgan fingerprint density at radius 3 is 2.20 bits per heavy atom. The molecule has 0 saturated heterocycles. The predicted octanol–water partition coefficient (Wildman–Crippen LogP) is 5.01. The van der Waals surface area contributed by atoms with Gasteiger partial charge >= 0.3 is 6.09 Å². The summed E-state index contributed by atoms with van der Waals surface area (Å²) in [7, 11) is 0. The predicted molar refractivity (Wildman–Crippen MR) is 139 cm³/mol. The van der Waals surface area contributed by atoms with Gasteiger partial charge in [-0.25, -0.2) is 4.79 Å². The molecule has 3 unspecified atom stereocenters. The van der Waals surface area contributed by atoms with Gasteiger partial charge in [0.05, 0.1) is 0 Å². The van der Waals surface area contributed by atoms with Gasteiger partial charge < -0.3 is 15.4 Å². The minimum absolute atomic E-state index is 0.239. The molecule has 2 N–H and O–H groups in total. The second-order valence-corrected chi connectivity index (χ2v) is 10.1. The van der Waals surface area contributed by atoms with Crippen molar-refractivity contribution in [1.29, 1.82) is 0 Å². The highest BCUT2D eigenvalue weighted by Gasteiger charge is 2.38. The molecule has 0 aliphatic rings. The Hall–Kier alpha value is -3.01. The number of terminal acetylenes is 1. The van der Waals surface area contributed by atoms with E-state index in [2.05, 4.69) is 23.6 Å². The van der Waals surface area contributed by atoms with Gasteiger partial charge in [0.15, 0.2) is 0 Å². The Kier molecular flexibility index (Phi) is 11.8. The molecule has 7 nitrogen and oxygen atoms in total. The molecule has 0 aliphatic carbocycles. The van der Waals surface area contributed by atoms with Gasteiger partial charge in [0.1, 0.15) is 17.7 Å². The summed E-state index contributed by atoms with van der Waals surface area (Å²) < 4.78 is 5.38. The van der Waals surface area contributed by atoms with Crippen LogP contribution in [0.15, 0.2) is 18.2 Å².